The third-order valence-electron chi connectivity index (χ3n) is 4.29. The zero-order valence-corrected chi connectivity index (χ0v) is 16.4. The molecule has 1 aromatic carbocycles. The summed E-state index contributed by atoms with van der Waals surface area (Å²) in [6, 6.07) is 9.14. The van der Waals surface area contributed by atoms with Crippen molar-refractivity contribution in [1.29, 1.82) is 0 Å². The maximum absolute atomic E-state index is 11.8. The second kappa shape index (κ2) is 9.75. The van der Waals surface area contributed by atoms with Crippen LogP contribution in [0.4, 0.5) is 22.9 Å². The van der Waals surface area contributed by atoms with Gasteiger partial charge in [0.25, 0.3) is 0 Å². The van der Waals surface area contributed by atoms with Gasteiger partial charge in [-0.1, -0.05) is 26.7 Å². The van der Waals surface area contributed by atoms with Gasteiger partial charge < -0.3 is 15.4 Å². The molecule has 0 spiro atoms. The van der Waals surface area contributed by atoms with Crippen LogP contribution in [0.15, 0.2) is 30.3 Å². The Kier molecular flexibility index (Phi) is 7.40. The molecule has 7 nitrogen and oxygen atoms in total. The Morgan fingerprint density at radius 1 is 1.19 bits per heavy atom. The van der Waals surface area contributed by atoms with Gasteiger partial charge in [-0.15, -0.1) is 0 Å². The number of rotatable bonds is 10. The molecule has 146 valence electrons. The summed E-state index contributed by atoms with van der Waals surface area (Å²) < 4.78 is 5.15. The van der Waals surface area contributed by atoms with Gasteiger partial charge in [0.15, 0.2) is 0 Å². The van der Waals surface area contributed by atoms with Gasteiger partial charge in [0.05, 0.1) is 12.0 Å². The van der Waals surface area contributed by atoms with Gasteiger partial charge in [-0.05, 0) is 50.1 Å². The molecule has 0 atom stereocenters. The Balaban J connectivity index is 2.38. The number of nitrogens with zero attached hydrogens (tertiary/aromatic N) is 2. The largest absolute Gasteiger partial charge is 0.497 e. The summed E-state index contributed by atoms with van der Waals surface area (Å²) in [6.45, 7) is 6.07. The van der Waals surface area contributed by atoms with E-state index >= 15 is 0 Å². The first kappa shape index (κ1) is 20.5. The molecular formula is C20H28N4O3. The Labute approximate surface area is 160 Å². The van der Waals surface area contributed by atoms with Crippen molar-refractivity contribution in [2.45, 2.75) is 52.5 Å². The van der Waals surface area contributed by atoms with E-state index in [1.54, 1.807) is 37.4 Å². The maximum Gasteiger partial charge on any atom is 0.334 e. The Morgan fingerprint density at radius 2 is 1.81 bits per heavy atom. The number of ether oxygens (including phenoxy) is 1. The fraction of sp³-hybridized carbons (Fsp3) is 0.450. The summed E-state index contributed by atoms with van der Waals surface area (Å²) in [7, 11) is 1.59. The molecule has 7 heteroatoms. The van der Waals surface area contributed by atoms with Crippen LogP contribution in [0.1, 0.15) is 45.2 Å². The normalized spacial score (nSPS) is 10.7. The van der Waals surface area contributed by atoms with Crippen molar-refractivity contribution >= 4 is 22.9 Å². The smallest absolute Gasteiger partial charge is 0.334 e. The van der Waals surface area contributed by atoms with Crippen molar-refractivity contribution in [2.24, 2.45) is 0 Å². The lowest BCUT2D eigenvalue weighted by molar-refractivity contribution is -0.383. The number of aromatic nitrogens is 1. The van der Waals surface area contributed by atoms with Gasteiger partial charge >= 0.3 is 5.69 Å². The third-order valence-corrected chi connectivity index (χ3v) is 4.29. The van der Waals surface area contributed by atoms with E-state index in [2.05, 4.69) is 29.5 Å². The van der Waals surface area contributed by atoms with Crippen molar-refractivity contribution in [3.05, 3.63) is 46.1 Å². The van der Waals surface area contributed by atoms with Gasteiger partial charge in [-0.25, -0.2) is 4.98 Å². The van der Waals surface area contributed by atoms with E-state index in [9.17, 15) is 10.1 Å². The van der Waals surface area contributed by atoms with Crippen LogP contribution in [0.5, 0.6) is 5.75 Å². The molecule has 1 heterocycles. The molecule has 0 unspecified atom stereocenters. The van der Waals surface area contributed by atoms with Crippen molar-refractivity contribution in [3.63, 3.8) is 0 Å². The van der Waals surface area contributed by atoms with Crippen LogP contribution < -0.4 is 15.4 Å². The molecule has 0 radical (unpaired) electrons. The molecule has 0 fully saturated rings. The number of benzene rings is 1. The predicted octanol–water partition coefficient (Wildman–Crippen LogP) is 5.43. The highest BCUT2D eigenvalue weighted by Gasteiger charge is 2.24. The summed E-state index contributed by atoms with van der Waals surface area (Å²) in [5.41, 5.74) is 1.90. The number of hydrogen-bond acceptors (Lipinski definition) is 6. The number of aryl methyl sites for hydroxylation is 1. The lowest BCUT2D eigenvalue weighted by Gasteiger charge is -2.20. The first-order valence-electron chi connectivity index (χ1n) is 9.32. The molecule has 0 aliphatic carbocycles. The minimum Gasteiger partial charge on any atom is -0.497 e. The quantitative estimate of drug-likeness (QED) is 0.427. The van der Waals surface area contributed by atoms with Gasteiger partial charge in [-0.3, -0.25) is 10.1 Å². The number of nitrogens with one attached hydrogen (secondary N) is 2. The zero-order chi connectivity index (χ0) is 19.8. The second-order valence-corrected chi connectivity index (χ2v) is 6.54. The van der Waals surface area contributed by atoms with Gasteiger partial charge in [0.2, 0.25) is 5.82 Å². The Hall–Kier alpha value is -2.83. The summed E-state index contributed by atoms with van der Waals surface area (Å²) in [6.07, 6.45) is 3.97. The number of nitro groups is 1. The Morgan fingerprint density at radius 3 is 2.33 bits per heavy atom. The molecule has 1 aromatic heterocycles. The van der Waals surface area contributed by atoms with Crippen LogP contribution >= 0.6 is 0 Å². The van der Waals surface area contributed by atoms with Crippen LogP contribution in [-0.2, 0) is 0 Å². The molecule has 27 heavy (non-hydrogen) atoms. The SMILES string of the molecule is CCCC(CCC)Nc1cc(C)nc(Nc2ccc(OC)cc2)c1[N+](=O)[O-]. The number of pyridine rings is 1. The van der Waals surface area contributed by atoms with Crippen molar-refractivity contribution < 1.29 is 9.66 Å². The summed E-state index contributed by atoms with van der Waals surface area (Å²) in [5.74, 6) is 0.955. The van der Waals surface area contributed by atoms with Crippen LogP contribution in [0.2, 0.25) is 0 Å². The van der Waals surface area contributed by atoms with Gasteiger partial charge in [0, 0.05) is 17.4 Å². The monoisotopic (exact) mass is 372 g/mol. The Bertz CT molecular complexity index is 757. The lowest BCUT2D eigenvalue weighted by Crippen LogP contribution is -2.20. The first-order valence-corrected chi connectivity index (χ1v) is 9.32. The van der Waals surface area contributed by atoms with E-state index < -0.39 is 0 Å². The van der Waals surface area contributed by atoms with Gasteiger partial charge in [0.1, 0.15) is 11.4 Å². The average molecular weight is 372 g/mol. The average Bonchev–Trinajstić information content (AvgIpc) is 2.62. The summed E-state index contributed by atoms with van der Waals surface area (Å²) >= 11 is 0. The topological polar surface area (TPSA) is 89.3 Å². The molecule has 0 saturated heterocycles. The van der Waals surface area contributed by atoms with E-state index in [1.165, 1.54) is 0 Å². The van der Waals surface area contributed by atoms with Crippen molar-refractivity contribution in [1.82, 2.24) is 4.98 Å². The van der Waals surface area contributed by atoms with Crippen molar-refractivity contribution in [2.75, 3.05) is 17.7 Å². The highest BCUT2D eigenvalue weighted by atomic mass is 16.6. The minimum atomic E-state index is -0.379. The second-order valence-electron chi connectivity index (χ2n) is 6.54. The van der Waals surface area contributed by atoms with Crippen LogP contribution in [0.25, 0.3) is 0 Å². The lowest BCUT2D eigenvalue weighted by atomic mass is 10.1. The van der Waals surface area contributed by atoms with Crippen LogP contribution in [0, 0.1) is 17.0 Å². The van der Waals surface area contributed by atoms with E-state index in [0.29, 0.717) is 17.1 Å². The molecule has 2 N–H and O–H groups in total. The highest BCUT2D eigenvalue weighted by molar-refractivity contribution is 5.77. The predicted molar refractivity (Wildman–Crippen MR) is 109 cm³/mol. The van der Waals surface area contributed by atoms with E-state index in [-0.39, 0.29) is 22.5 Å². The minimum absolute atomic E-state index is 0.0337. The fourth-order valence-electron chi connectivity index (χ4n) is 3.06. The molecule has 0 aliphatic rings. The number of methoxy groups -OCH3 is 1. The van der Waals surface area contributed by atoms with Crippen LogP contribution in [-0.4, -0.2) is 23.1 Å². The molecule has 0 aliphatic heterocycles. The number of anilines is 3. The van der Waals surface area contributed by atoms with E-state index in [1.807, 2.05) is 6.92 Å². The molecule has 0 bridgehead atoms. The highest BCUT2D eigenvalue weighted by Crippen LogP contribution is 2.35. The standard InChI is InChI=1S/C20H28N4O3/c1-5-7-15(8-6-2)22-18-13-14(3)21-20(19(18)24(25)26)23-16-9-11-17(27-4)12-10-16/h9-13,15H,5-8H2,1-4H3,(H2,21,22,23). The van der Waals surface area contributed by atoms with Crippen molar-refractivity contribution in [3.8, 4) is 5.75 Å². The fourth-order valence-corrected chi connectivity index (χ4v) is 3.06. The van der Waals surface area contributed by atoms with Crippen LogP contribution in [0.3, 0.4) is 0 Å². The first-order chi connectivity index (χ1) is 13.0. The molecular weight excluding hydrogens is 344 g/mol. The number of hydrogen-bond donors (Lipinski definition) is 2. The van der Waals surface area contributed by atoms with Gasteiger partial charge in [-0.2, -0.15) is 0 Å². The van der Waals surface area contributed by atoms with E-state index in [4.69, 9.17) is 4.74 Å². The third kappa shape index (κ3) is 5.57. The molecule has 0 amide bonds. The summed E-state index contributed by atoms with van der Waals surface area (Å²) in [5, 5.41) is 18.3. The molecule has 0 saturated carbocycles. The zero-order valence-electron chi connectivity index (χ0n) is 16.4. The summed E-state index contributed by atoms with van der Waals surface area (Å²) in [4.78, 5) is 15.8. The molecule has 2 aromatic rings. The van der Waals surface area contributed by atoms with E-state index in [0.717, 1.165) is 31.4 Å². The molecule has 2 rings (SSSR count). The maximum atomic E-state index is 11.8.